The number of nitrogens with zero attached hydrogens (tertiary/aromatic N) is 1. The SMILES string of the molecule is CCCCNC(=O)c1cc(NCCc2ccc(OC)c(OC)c2)ccn1. The molecular formula is C20H27N3O3. The summed E-state index contributed by atoms with van der Waals surface area (Å²) < 4.78 is 10.6. The van der Waals surface area contributed by atoms with Crippen LogP contribution in [-0.2, 0) is 6.42 Å². The lowest BCUT2D eigenvalue weighted by Crippen LogP contribution is -2.25. The van der Waals surface area contributed by atoms with Crippen LogP contribution in [0.25, 0.3) is 0 Å². The fourth-order valence-corrected chi connectivity index (χ4v) is 2.52. The molecular weight excluding hydrogens is 330 g/mol. The fourth-order valence-electron chi connectivity index (χ4n) is 2.52. The number of amides is 1. The van der Waals surface area contributed by atoms with Gasteiger partial charge >= 0.3 is 0 Å². The standard InChI is InChI=1S/C20H27N3O3/c1-4-5-10-23-20(24)17-14-16(9-12-22-17)21-11-8-15-6-7-18(25-2)19(13-15)26-3/h6-7,9,12-14H,4-5,8,10-11H2,1-3H3,(H,21,22)(H,23,24). The molecule has 0 radical (unpaired) electrons. The van der Waals surface area contributed by atoms with Crippen LogP contribution in [0.3, 0.4) is 0 Å². The molecule has 1 aromatic heterocycles. The Morgan fingerprint density at radius 2 is 1.88 bits per heavy atom. The van der Waals surface area contributed by atoms with Crippen molar-refractivity contribution in [2.24, 2.45) is 0 Å². The summed E-state index contributed by atoms with van der Waals surface area (Å²) in [6, 6.07) is 9.52. The predicted octanol–water partition coefficient (Wildman–Crippen LogP) is 3.28. The first-order chi connectivity index (χ1) is 12.7. The highest BCUT2D eigenvalue weighted by Crippen LogP contribution is 2.27. The Kier molecular flexibility index (Phi) is 7.74. The molecule has 0 unspecified atom stereocenters. The molecule has 26 heavy (non-hydrogen) atoms. The van der Waals surface area contributed by atoms with Gasteiger partial charge in [0, 0.05) is 25.0 Å². The summed E-state index contributed by atoms with van der Waals surface area (Å²) in [5.74, 6) is 1.30. The van der Waals surface area contributed by atoms with E-state index in [2.05, 4.69) is 22.5 Å². The minimum atomic E-state index is -0.137. The molecule has 0 saturated carbocycles. The number of hydrogen-bond donors (Lipinski definition) is 2. The highest BCUT2D eigenvalue weighted by atomic mass is 16.5. The Morgan fingerprint density at radius 1 is 1.08 bits per heavy atom. The molecule has 2 rings (SSSR count). The number of ether oxygens (including phenoxy) is 2. The molecule has 0 saturated heterocycles. The molecule has 6 heteroatoms. The van der Waals surface area contributed by atoms with Crippen molar-refractivity contribution < 1.29 is 14.3 Å². The van der Waals surface area contributed by atoms with Gasteiger partial charge in [-0.1, -0.05) is 19.4 Å². The quantitative estimate of drug-likeness (QED) is 0.639. The molecule has 0 aliphatic carbocycles. The number of nitrogens with one attached hydrogen (secondary N) is 2. The number of pyridine rings is 1. The molecule has 0 aliphatic heterocycles. The van der Waals surface area contributed by atoms with E-state index in [0.29, 0.717) is 12.2 Å². The van der Waals surface area contributed by atoms with E-state index in [4.69, 9.17) is 9.47 Å². The maximum Gasteiger partial charge on any atom is 0.269 e. The molecule has 0 bridgehead atoms. The fraction of sp³-hybridized carbons (Fsp3) is 0.400. The molecule has 1 aromatic carbocycles. The van der Waals surface area contributed by atoms with Gasteiger partial charge in [-0.05, 0) is 42.7 Å². The molecule has 2 N–H and O–H groups in total. The Morgan fingerprint density at radius 3 is 2.62 bits per heavy atom. The molecule has 0 aliphatic rings. The third kappa shape index (κ3) is 5.65. The van der Waals surface area contributed by atoms with Crippen LogP contribution in [0.5, 0.6) is 11.5 Å². The average molecular weight is 357 g/mol. The summed E-state index contributed by atoms with van der Waals surface area (Å²) in [4.78, 5) is 16.2. The zero-order valence-corrected chi connectivity index (χ0v) is 15.7. The van der Waals surface area contributed by atoms with Crippen molar-refractivity contribution in [3.8, 4) is 11.5 Å². The molecule has 0 spiro atoms. The molecule has 0 atom stereocenters. The first-order valence-electron chi connectivity index (χ1n) is 8.87. The van der Waals surface area contributed by atoms with Gasteiger partial charge in [-0.15, -0.1) is 0 Å². The van der Waals surface area contributed by atoms with Crippen LogP contribution in [0, 0.1) is 0 Å². The van der Waals surface area contributed by atoms with Crippen LogP contribution in [0.15, 0.2) is 36.5 Å². The number of anilines is 1. The van der Waals surface area contributed by atoms with Crippen molar-refractivity contribution in [2.75, 3.05) is 32.6 Å². The average Bonchev–Trinajstić information content (AvgIpc) is 2.68. The highest BCUT2D eigenvalue weighted by molar-refractivity contribution is 5.93. The van der Waals surface area contributed by atoms with Crippen molar-refractivity contribution in [2.45, 2.75) is 26.2 Å². The van der Waals surface area contributed by atoms with Gasteiger partial charge in [0.1, 0.15) is 5.69 Å². The summed E-state index contributed by atoms with van der Waals surface area (Å²) in [5, 5.41) is 6.21. The minimum absolute atomic E-state index is 0.137. The monoisotopic (exact) mass is 357 g/mol. The summed E-state index contributed by atoms with van der Waals surface area (Å²) in [6.45, 7) is 3.50. The predicted molar refractivity (Wildman–Crippen MR) is 103 cm³/mol. The molecule has 140 valence electrons. The van der Waals surface area contributed by atoms with E-state index in [1.807, 2.05) is 24.3 Å². The third-order valence-corrected chi connectivity index (χ3v) is 4.00. The summed E-state index contributed by atoms with van der Waals surface area (Å²) in [6.07, 6.45) is 4.48. The molecule has 1 amide bonds. The maximum absolute atomic E-state index is 12.1. The van der Waals surface area contributed by atoms with E-state index >= 15 is 0 Å². The second-order valence-corrected chi connectivity index (χ2v) is 5.91. The van der Waals surface area contributed by atoms with Gasteiger partial charge < -0.3 is 20.1 Å². The van der Waals surface area contributed by atoms with E-state index in [9.17, 15) is 4.79 Å². The lowest BCUT2D eigenvalue weighted by Gasteiger charge is -2.11. The van der Waals surface area contributed by atoms with Crippen molar-refractivity contribution in [1.82, 2.24) is 10.3 Å². The van der Waals surface area contributed by atoms with Gasteiger partial charge in [0.25, 0.3) is 5.91 Å². The van der Waals surface area contributed by atoms with E-state index in [1.165, 1.54) is 0 Å². The second kappa shape index (κ2) is 10.3. The van der Waals surface area contributed by atoms with E-state index in [1.54, 1.807) is 26.5 Å². The van der Waals surface area contributed by atoms with Crippen LogP contribution in [0.4, 0.5) is 5.69 Å². The number of unbranched alkanes of at least 4 members (excludes halogenated alkanes) is 1. The molecule has 6 nitrogen and oxygen atoms in total. The number of benzene rings is 1. The van der Waals surface area contributed by atoms with Gasteiger partial charge in [-0.3, -0.25) is 9.78 Å². The van der Waals surface area contributed by atoms with Crippen LogP contribution < -0.4 is 20.1 Å². The number of hydrogen-bond acceptors (Lipinski definition) is 5. The first-order valence-corrected chi connectivity index (χ1v) is 8.87. The summed E-state index contributed by atoms with van der Waals surface area (Å²) in [7, 11) is 3.25. The second-order valence-electron chi connectivity index (χ2n) is 5.91. The van der Waals surface area contributed by atoms with Crippen LogP contribution in [0.2, 0.25) is 0 Å². The first kappa shape index (κ1) is 19.6. The van der Waals surface area contributed by atoms with Gasteiger partial charge in [-0.25, -0.2) is 0 Å². The van der Waals surface area contributed by atoms with Crippen LogP contribution in [0.1, 0.15) is 35.8 Å². The van der Waals surface area contributed by atoms with Gasteiger partial charge in [0.15, 0.2) is 11.5 Å². The summed E-state index contributed by atoms with van der Waals surface area (Å²) in [5.41, 5.74) is 2.44. The van der Waals surface area contributed by atoms with Crippen LogP contribution in [-0.4, -0.2) is 38.2 Å². The number of carbonyl (C=O) groups is 1. The Balaban J connectivity index is 1.90. The third-order valence-electron chi connectivity index (χ3n) is 4.00. The molecule has 1 heterocycles. The van der Waals surface area contributed by atoms with Gasteiger partial charge in [0.2, 0.25) is 0 Å². The van der Waals surface area contributed by atoms with Gasteiger partial charge in [0.05, 0.1) is 14.2 Å². The Labute approximate surface area is 154 Å². The Bertz CT molecular complexity index is 719. The zero-order valence-electron chi connectivity index (χ0n) is 15.7. The van der Waals surface area contributed by atoms with Crippen molar-refractivity contribution >= 4 is 11.6 Å². The number of rotatable bonds is 10. The minimum Gasteiger partial charge on any atom is -0.493 e. The number of carbonyl (C=O) groups excluding carboxylic acids is 1. The molecule has 2 aromatic rings. The topological polar surface area (TPSA) is 72.5 Å². The van der Waals surface area contributed by atoms with E-state index in [0.717, 1.165) is 48.6 Å². The lowest BCUT2D eigenvalue weighted by atomic mass is 10.1. The molecule has 0 fully saturated rings. The van der Waals surface area contributed by atoms with Crippen LogP contribution >= 0.6 is 0 Å². The summed E-state index contributed by atoms with van der Waals surface area (Å²) >= 11 is 0. The lowest BCUT2D eigenvalue weighted by molar-refractivity contribution is 0.0948. The van der Waals surface area contributed by atoms with E-state index in [-0.39, 0.29) is 5.91 Å². The number of methoxy groups -OCH3 is 2. The Hall–Kier alpha value is -2.76. The van der Waals surface area contributed by atoms with Crippen molar-refractivity contribution in [1.29, 1.82) is 0 Å². The number of aromatic nitrogens is 1. The zero-order chi connectivity index (χ0) is 18.8. The van der Waals surface area contributed by atoms with Crippen molar-refractivity contribution in [3.63, 3.8) is 0 Å². The maximum atomic E-state index is 12.1. The largest absolute Gasteiger partial charge is 0.493 e. The normalized spacial score (nSPS) is 10.3. The smallest absolute Gasteiger partial charge is 0.269 e. The van der Waals surface area contributed by atoms with Gasteiger partial charge in [-0.2, -0.15) is 0 Å². The van der Waals surface area contributed by atoms with Crippen molar-refractivity contribution in [3.05, 3.63) is 47.8 Å². The van der Waals surface area contributed by atoms with E-state index < -0.39 is 0 Å². The highest BCUT2D eigenvalue weighted by Gasteiger charge is 2.08.